The van der Waals surface area contributed by atoms with Crippen molar-refractivity contribution in [2.45, 2.75) is 37.1 Å². The van der Waals surface area contributed by atoms with Crippen LogP contribution >= 0.6 is 32.9 Å². The second-order valence-electron chi connectivity index (χ2n) is 3.25. The van der Waals surface area contributed by atoms with Crippen LogP contribution < -0.4 is 5.32 Å². The summed E-state index contributed by atoms with van der Waals surface area (Å²) >= 11 is 3.35. The van der Waals surface area contributed by atoms with E-state index in [2.05, 4.69) is 21.2 Å². The largest absolute Gasteiger partial charge is 0.465 e. The molecule has 0 aliphatic heterocycles. The molecule has 0 aromatic heterocycles. The van der Waals surface area contributed by atoms with Crippen LogP contribution in [0.4, 0.5) is 4.79 Å². The van der Waals surface area contributed by atoms with Crippen molar-refractivity contribution < 1.29 is 9.90 Å². The molecule has 1 amide bonds. The van der Waals surface area contributed by atoms with E-state index in [1.807, 2.05) is 0 Å². The summed E-state index contributed by atoms with van der Waals surface area (Å²) in [6, 6.07) is 0. The van der Waals surface area contributed by atoms with Crippen LogP contribution in [0, 0.1) is 5.92 Å². The Balaban J connectivity index is 0.00000144. The fourth-order valence-electron chi connectivity index (χ4n) is 1.66. The summed E-state index contributed by atoms with van der Waals surface area (Å²) in [6.45, 7) is 0. The maximum absolute atomic E-state index is 10.3. The molecule has 0 bridgehead atoms. The standard InChI is InChI=1S/C8H14BrNO2.BrH/c9-7(10-8(11)12)6-4-2-1-3-5-6;/h6-7,10H,1-5H2,(H,11,12);1H. The van der Waals surface area contributed by atoms with Gasteiger partial charge in [-0.3, -0.25) is 0 Å². The lowest BCUT2D eigenvalue weighted by Gasteiger charge is -2.25. The molecule has 2 N–H and O–H groups in total. The number of halogens is 2. The van der Waals surface area contributed by atoms with E-state index in [1.54, 1.807) is 0 Å². The molecule has 0 saturated heterocycles. The second kappa shape index (κ2) is 6.65. The van der Waals surface area contributed by atoms with Gasteiger partial charge in [-0.05, 0) is 18.8 Å². The Kier molecular flexibility index (Phi) is 6.77. The van der Waals surface area contributed by atoms with Crippen molar-refractivity contribution in [1.82, 2.24) is 5.32 Å². The molecule has 0 radical (unpaired) electrons. The smallest absolute Gasteiger partial charge is 0.405 e. The second-order valence-corrected chi connectivity index (χ2v) is 4.24. The summed E-state index contributed by atoms with van der Waals surface area (Å²) < 4.78 is 0. The lowest BCUT2D eigenvalue weighted by Crippen LogP contribution is -2.35. The molecule has 3 nitrogen and oxygen atoms in total. The first-order valence-corrected chi connectivity index (χ1v) is 5.25. The topological polar surface area (TPSA) is 49.3 Å². The summed E-state index contributed by atoms with van der Waals surface area (Å²) in [5, 5.41) is 10.9. The molecule has 1 rings (SSSR count). The van der Waals surface area contributed by atoms with Crippen molar-refractivity contribution in [3.05, 3.63) is 0 Å². The molecule has 1 unspecified atom stereocenters. The molecule has 5 heteroatoms. The highest BCUT2D eigenvalue weighted by Crippen LogP contribution is 2.28. The van der Waals surface area contributed by atoms with Crippen LogP contribution in [0.15, 0.2) is 0 Å². The van der Waals surface area contributed by atoms with Crippen LogP contribution in [-0.2, 0) is 0 Å². The molecule has 0 aromatic carbocycles. The summed E-state index contributed by atoms with van der Waals surface area (Å²) in [4.78, 5) is 10.3. The quantitative estimate of drug-likeness (QED) is 0.607. The predicted octanol–water partition coefficient (Wildman–Crippen LogP) is 3.13. The van der Waals surface area contributed by atoms with Crippen molar-refractivity contribution in [3.63, 3.8) is 0 Å². The van der Waals surface area contributed by atoms with Gasteiger partial charge in [0.25, 0.3) is 0 Å². The molecule has 0 spiro atoms. The summed E-state index contributed by atoms with van der Waals surface area (Å²) in [5.74, 6) is 0.481. The highest BCUT2D eigenvalue weighted by molar-refractivity contribution is 9.09. The first kappa shape index (κ1) is 13.2. The SMILES string of the molecule is Br.O=C(O)NC(Br)C1CCCCC1. The average molecular weight is 317 g/mol. The monoisotopic (exact) mass is 315 g/mol. The van der Waals surface area contributed by atoms with Crippen molar-refractivity contribution >= 4 is 39.0 Å². The number of rotatable bonds is 2. The Morgan fingerprint density at radius 1 is 1.38 bits per heavy atom. The maximum Gasteiger partial charge on any atom is 0.405 e. The van der Waals surface area contributed by atoms with E-state index in [0.717, 1.165) is 12.8 Å². The molecule has 0 heterocycles. The van der Waals surface area contributed by atoms with Gasteiger partial charge in [-0.1, -0.05) is 35.2 Å². The van der Waals surface area contributed by atoms with Gasteiger partial charge in [0.1, 0.15) is 0 Å². The lowest BCUT2D eigenvalue weighted by molar-refractivity contribution is 0.188. The van der Waals surface area contributed by atoms with Gasteiger partial charge in [0, 0.05) is 0 Å². The number of nitrogens with one attached hydrogen (secondary N) is 1. The van der Waals surface area contributed by atoms with Crippen molar-refractivity contribution in [3.8, 4) is 0 Å². The number of alkyl halides is 1. The normalized spacial score (nSPS) is 20.1. The van der Waals surface area contributed by atoms with Crippen molar-refractivity contribution in [1.29, 1.82) is 0 Å². The van der Waals surface area contributed by atoms with Crippen LogP contribution in [0.25, 0.3) is 0 Å². The molecular weight excluding hydrogens is 302 g/mol. The fraction of sp³-hybridized carbons (Fsp3) is 0.875. The van der Waals surface area contributed by atoms with E-state index in [9.17, 15) is 4.79 Å². The number of carbonyl (C=O) groups is 1. The van der Waals surface area contributed by atoms with Crippen LogP contribution in [-0.4, -0.2) is 16.2 Å². The minimum Gasteiger partial charge on any atom is -0.465 e. The van der Waals surface area contributed by atoms with Crippen molar-refractivity contribution in [2.75, 3.05) is 0 Å². The number of amides is 1. The first-order valence-electron chi connectivity index (χ1n) is 4.33. The Hall–Kier alpha value is 0.230. The zero-order valence-electron chi connectivity index (χ0n) is 7.33. The molecule has 1 aliphatic carbocycles. The third-order valence-electron chi connectivity index (χ3n) is 2.33. The Morgan fingerprint density at radius 3 is 2.38 bits per heavy atom. The summed E-state index contributed by atoms with van der Waals surface area (Å²) in [6.07, 6.45) is 5.08. The number of carboxylic acid groups (broad SMARTS) is 1. The highest BCUT2D eigenvalue weighted by Gasteiger charge is 2.22. The van der Waals surface area contributed by atoms with Gasteiger partial charge >= 0.3 is 6.09 Å². The van der Waals surface area contributed by atoms with E-state index in [1.165, 1.54) is 19.3 Å². The average Bonchev–Trinajstić information content (AvgIpc) is 2.05. The molecule has 1 saturated carbocycles. The van der Waals surface area contributed by atoms with Crippen LogP contribution in [0.1, 0.15) is 32.1 Å². The lowest BCUT2D eigenvalue weighted by atomic mass is 9.89. The summed E-state index contributed by atoms with van der Waals surface area (Å²) in [7, 11) is 0. The van der Waals surface area contributed by atoms with Crippen LogP contribution in [0.2, 0.25) is 0 Å². The van der Waals surface area contributed by atoms with E-state index in [4.69, 9.17) is 5.11 Å². The minimum atomic E-state index is -0.942. The Labute approximate surface area is 97.2 Å². The maximum atomic E-state index is 10.3. The molecule has 13 heavy (non-hydrogen) atoms. The van der Waals surface area contributed by atoms with Gasteiger partial charge in [0.05, 0.1) is 4.95 Å². The number of hydrogen-bond acceptors (Lipinski definition) is 1. The van der Waals surface area contributed by atoms with Crippen molar-refractivity contribution in [2.24, 2.45) is 5.92 Å². The van der Waals surface area contributed by atoms with Gasteiger partial charge in [0.2, 0.25) is 0 Å². The van der Waals surface area contributed by atoms with E-state index in [-0.39, 0.29) is 21.9 Å². The zero-order chi connectivity index (χ0) is 8.97. The molecule has 1 aliphatic rings. The van der Waals surface area contributed by atoms with Gasteiger partial charge < -0.3 is 10.4 Å². The minimum absolute atomic E-state index is 0. The third-order valence-corrected chi connectivity index (χ3v) is 3.30. The molecule has 1 atom stereocenters. The fourth-order valence-corrected chi connectivity index (χ4v) is 2.39. The summed E-state index contributed by atoms with van der Waals surface area (Å²) in [5.41, 5.74) is 0. The third kappa shape index (κ3) is 4.86. The Morgan fingerprint density at radius 2 is 1.92 bits per heavy atom. The number of hydrogen-bond donors (Lipinski definition) is 2. The van der Waals surface area contributed by atoms with Gasteiger partial charge in [0.15, 0.2) is 0 Å². The van der Waals surface area contributed by atoms with Crippen LogP contribution in [0.3, 0.4) is 0 Å². The zero-order valence-corrected chi connectivity index (χ0v) is 10.6. The van der Waals surface area contributed by atoms with Gasteiger partial charge in [-0.25, -0.2) is 4.79 Å². The van der Waals surface area contributed by atoms with E-state index >= 15 is 0 Å². The first-order chi connectivity index (χ1) is 5.70. The molecule has 0 aromatic rings. The van der Waals surface area contributed by atoms with Crippen LogP contribution in [0.5, 0.6) is 0 Å². The van der Waals surface area contributed by atoms with E-state index in [0.29, 0.717) is 5.92 Å². The van der Waals surface area contributed by atoms with Gasteiger partial charge in [-0.2, -0.15) is 0 Å². The van der Waals surface area contributed by atoms with E-state index < -0.39 is 6.09 Å². The molecular formula is C8H15Br2NO2. The predicted molar refractivity (Wildman–Crippen MR) is 60.8 cm³/mol. The molecule has 78 valence electrons. The highest BCUT2D eigenvalue weighted by atomic mass is 79.9. The van der Waals surface area contributed by atoms with Gasteiger partial charge in [-0.15, -0.1) is 17.0 Å². The Bertz CT molecular complexity index is 160. The molecule has 1 fully saturated rings.